The molecule has 0 aliphatic rings. The second kappa shape index (κ2) is 12.4. The molecular weight excluding hydrogens is 361 g/mol. The van der Waals surface area contributed by atoms with E-state index in [-0.39, 0.29) is 5.75 Å². The first-order valence-electron chi connectivity index (χ1n) is 8.74. The zero-order chi connectivity index (χ0) is 20.1. The standard InChI is InChI=1S/C18H29F3N4O2/c1-22-17(23-9-4-10-25(2)11-12-26-3)24-13-15-5-7-16(8-6-15)27-14-18(19,20)21/h5-8H,4,9-14H2,1-3H3,(H2,22,23,24). The van der Waals surface area contributed by atoms with Gasteiger partial charge in [-0.3, -0.25) is 4.99 Å². The van der Waals surface area contributed by atoms with Gasteiger partial charge in [0.2, 0.25) is 0 Å². The Morgan fingerprint density at radius 1 is 1.15 bits per heavy atom. The quantitative estimate of drug-likeness (QED) is 0.345. The van der Waals surface area contributed by atoms with Gasteiger partial charge >= 0.3 is 6.18 Å². The minimum absolute atomic E-state index is 0.191. The number of nitrogens with one attached hydrogen (secondary N) is 2. The van der Waals surface area contributed by atoms with Gasteiger partial charge in [0.15, 0.2) is 12.6 Å². The van der Waals surface area contributed by atoms with Crippen molar-refractivity contribution in [3.63, 3.8) is 0 Å². The van der Waals surface area contributed by atoms with Crippen LogP contribution in [0.5, 0.6) is 5.75 Å². The predicted molar refractivity (Wildman–Crippen MR) is 100 cm³/mol. The highest BCUT2D eigenvalue weighted by molar-refractivity contribution is 5.79. The lowest BCUT2D eigenvalue weighted by Gasteiger charge is -2.17. The first-order chi connectivity index (χ1) is 12.8. The minimum atomic E-state index is -4.34. The summed E-state index contributed by atoms with van der Waals surface area (Å²) < 4.78 is 46.1. The third-order valence-electron chi connectivity index (χ3n) is 3.70. The number of ether oxygens (including phenoxy) is 2. The van der Waals surface area contributed by atoms with Crippen LogP contribution in [0.25, 0.3) is 0 Å². The summed E-state index contributed by atoms with van der Waals surface area (Å²) in [6, 6.07) is 6.48. The number of methoxy groups -OCH3 is 1. The Hall–Kier alpha value is -2.00. The van der Waals surface area contributed by atoms with E-state index in [9.17, 15) is 13.2 Å². The molecule has 154 valence electrons. The van der Waals surface area contributed by atoms with Gasteiger partial charge in [-0.2, -0.15) is 13.2 Å². The number of alkyl halides is 3. The Balaban J connectivity index is 2.28. The van der Waals surface area contributed by atoms with Gasteiger partial charge in [-0.15, -0.1) is 0 Å². The number of likely N-dealkylation sites (N-methyl/N-ethyl adjacent to an activating group) is 1. The molecule has 0 unspecified atom stereocenters. The van der Waals surface area contributed by atoms with Crippen LogP contribution in [0, 0.1) is 0 Å². The van der Waals surface area contributed by atoms with Crippen molar-refractivity contribution in [3.05, 3.63) is 29.8 Å². The van der Waals surface area contributed by atoms with Crippen LogP contribution in [0.4, 0.5) is 13.2 Å². The largest absolute Gasteiger partial charge is 0.484 e. The monoisotopic (exact) mass is 390 g/mol. The number of benzene rings is 1. The molecule has 0 radical (unpaired) electrons. The molecule has 0 bridgehead atoms. The van der Waals surface area contributed by atoms with Crippen molar-refractivity contribution in [2.45, 2.75) is 19.1 Å². The van der Waals surface area contributed by atoms with Gasteiger partial charge in [0.25, 0.3) is 0 Å². The summed E-state index contributed by atoms with van der Waals surface area (Å²) in [5.41, 5.74) is 0.914. The van der Waals surface area contributed by atoms with Crippen molar-refractivity contribution in [1.29, 1.82) is 0 Å². The van der Waals surface area contributed by atoms with Crippen LogP contribution in [0.3, 0.4) is 0 Å². The van der Waals surface area contributed by atoms with E-state index in [2.05, 4.69) is 25.3 Å². The lowest BCUT2D eigenvalue weighted by molar-refractivity contribution is -0.153. The van der Waals surface area contributed by atoms with Gasteiger partial charge in [0, 0.05) is 33.8 Å². The highest BCUT2D eigenvalue weighted by Crippen LogP contribution is 2.18. The summed E-state index contributed by atoms with van der Waals surface area (Å²) in [6.45, 7) is 2.56. The normalized spacial score (nSPS) is 12.3. The Kier molecular flexibility index (Phi) is 10.6. The molecule has 0 amide bonds. The Bertz CT molecular complexity index is 551. The van der Waals surface area contributed by atoms with E-state index >= 15 is 0 Å². The number of aliphatic imine (C=N–C) groups is 1. The Morgan fingerprint density at radius 2 is 1.85 bits per heavy atom. The van der Waals surface area contributed by atoms with Gasteiger partial charge in [0.05, 0.1) is 6.61 Å². The Labute approximate surface area is 158 Å². The third-order valence-corrected chi connectivity index (χ3v) is 3.70. The molecule has 27 heavy (non-hydrogen) atoms. The minimum Gasteiger partial charge on any atom is -0.484 e. The van der Waals surface area contributed by atoms with Crippen molar-refractivity contribution in [2.24, 2.45) is 4.99 Å². The van der Waals surface area contributed by atoms with Gasteiger partial charge < -0.3 is 25.0 Å². The number of nitrogens with zero attached hydrogens (tertiary/aromatic N) is 2. The van der Waals surface area contributed by atoms with Crippen LogP contribution in [0.2, 0.25) is 0 Å². The van der Waals surface area contributed by atoms with E-state index in [0.717, 1.165) is 31.6 Å². The molecule has 1 aromatic rings. The highest BCUT2D eigenvalue weighted by atomic mass is 19.4. The maximum Gasteiger partial charge on any atom is 0.422 e. The summed E-state index contributed by atoms with van der Waals surface area (Å²) in [5, 5.41) is 6.40. The number of hydrogen-bond acceptors (Lipinski definition) is 4. The van der Waals surface area contributed by atoms with Gasteiger partial charge in [0.1, 0.15) is 5.75 Å². The molecule has 0 aromatic heterocycles. The molecule has 0 saturated heterocycles. The van der Waals surface area contributed by atoms with Crippen LogP contribution in [-0.2, 0) is 11.3 Å². The summed E-state index contributed by atoms with van der Waals surface area (Å²) >= 11 is 0. The van der Waals surface area contributed by atoms with Crippen molar-refractivity contribution < 1.29 is 22.6 Å². The fraction of sp³-hybridized carbons (Fsp3) is 0.611. The smallest absolute Gasteiger partial charge is 0.422 e. The average molecular weight is 390 g/mol. The van der Waals surface area contributed by atoms with E-state index in [1.54, 1.807) is 26.3 Å². The zero-order valence-corrected chi connectivity index (χ0v) is 16.1. The topological polar surface area (TPSA) is 58.1 Å². The summed E-state index contributed by atoms with van der Waals surface area (Å²) in [4.78, 5) is 6.35. The first kappa shape index (κ1) is 23.0. The average Bonchev–Trinajstić information content (AvgIpc) is 2.64. The molecule has 0 fully saturated rings. The molecule has 0 heterocycles. The van der Waals surface area contributed by atoms with E-state index < -0.39 is 12.8 Å². The van der Waals surface area contributed by atoms with E-state index in [4.69, 9.17) is 4.74 Å². The predicted octanol–water partition coefficient (Wildman–Crippen LogP) is 2.26. The third kappa shape index (κ3) is 11.3. The van der Waals surface area contributed by atoms with Gasteiger partial charge in [-0.25, -0.2) is 0 Å². The molecule has 0 atom stereocenters. The summed E-state index contributed by atoms with van der Waals surface area (Å²) in [5.74, 6) is 0.864. The number of halogens is 3. The van der Waals surface area contributed by atoms with E-state index in [1.807, 2.05) is 7.05 Å². The van der Waals surface area contributed by atoms with Crippen LogP contribution < -0.4 is 15.4 Å². The molecule has 6 nitrogen and oxygen atoms in total. The summed E-state index contributed by atoms with van der Waals surface area (Å²) in [6.07, 6.45) is -3.37. The van der Waals surface area contributed by atoms with E-state index in [1.165, 1.54) is 12.1 Å². The second-order valence-electron chi connectivity index (χ2n) is 6.05. The molecular formula is C18H29F3N4O2. The zero-order valence-electron chi connectivity index (χ0n) is 16.1. The lowest BCUT2D eigenvalue weighted by atomic mass is 10.2. The molecule has 2 N–H and O–H groups in total. The molecule has 0 aliphatic heterocycles. The van der Waals surface area contributed by atoms with Gasteiger partial charge in [-0.05, 0) is 37.7 Å². The van der Waals surface area contributed by atoms with E-state index in [0.29, 0.717) is 19.1 Å². The molecule has 1 aromatic carbocycles. The number of rotatable bonds is 11. The molecule has 9 heteroatoms. The number of guanidine groups is 1. The molecule has 1 rings (SSSR count). The molecule has 0 spiro atoms. The second-order valence-corrected chi connectivity index (χ2v) is 6.05. The van der Waals surface area contributed by atoms with Crippen molar-refractivity contribution >= 4 is 5.96 Å². The summed E-state index contributed by atoms with van der Waals surface area (Å²) in [7, 11) is 5.43. The first-order valence-corrected chi connectivity index (χ1v) is 8.74. The molecule has 0 aliphatic carbocycles. The number of hydrogen-bond donors (Lipinski definition) is 2. The van der Waals surface area contributed by atoms with Gasteiger partial charge in [-0.1, -0.05) is 12.1 Å². The maximum absolute atomic E-state index is 12.1. The maximum atomic E-state index is 12.1. The van der Waals surface area contributed by atoms with Crippen LogP contribution >= 0.6 is 0 Å². The van der Waals surface area contributed by atoms with Crippen LogP contribution in [0.15, 0.2) is 29.3 Å². The van der Waals surface area contributed by atoms with Crippen molar-refractivity contribution in [1.82, 2.24) is 15.5 Å². The fourth-order valence-corrected chi connectivity index (χ4v) is 2.19. The van der Waals surface area contributed by atoms with Crippen molar-refractivity contribution in [2.75, 3.05) is 54.1 Å². The lowest BCUT2D eigenvalue weighted by Crippen LogP contribution is -2.38. The molecule has 0 saturated carbocycles. The fourth-order valence-electron chi connectivity index (χ4n) is 2.19. The van der Waals surface area contributed by atoms with Crippen LogP contribution in [-0.4, -0.2) is 71.1 Å². The van der Waals surface area contributed by atoms with Crippen molar-refractivity contribution in [3.8, 4) is 5.75 Å². The SMILES string of the molecule is CN=C(NCCCN(C)CCOC)NCc1ccc(OCC(F)(F)F)cc1. The van der Waals surface area contributed by atoms with Crippen LogP contribution in [0.1, 0.15) is 12.0 Å². The highest BCUT2D eigenvalue weighted by Gasteiger charge is 2.28. The Morgan fingerprint density at radius 3 is 2.44 bits per heavy atom.